The molecule has 0 spiro atoms. The fourth-order valence-corrected chi connectivity index (χ4v) is 2.57. The van der Waals surface area contributed by atoms with E-state index in [1.165, 1.54) is 12.5 Å². The van der Waals surface area contributed by atoms with Gasteiger partial charge in [-0.1, -0.05) is 24.3 Å². The molecule has 0 saturated heterocycles. The molecule has 0 aliphatic heterocycles. The fraction of sp³-hybridized carbons (Fsp3) is 0.467. The number of benzene rings is 1. The van der Waals surface area contributed by atoms with Gasteiger partial charge in [0.2, 0.25) is 11.8 Å². The number of rotatable bonds is 4. The Bertz CT molecular complexity index is 471. The molecule has 0 heterocycles. The second-order valence-corrected chi connectivity index (χ2v) is 4.92. The highest BCUT2D eigenvalue weighted by molar-refractivity contribution is 5.84. The summed E-state index contributed by atoms with van der Waals surface area (Å²) >= 11 is 0. The van der Waals surface area contributed by atoms with Crippen molar-refractivity contribution >= 4 is 11.8 Å². The summed E-state index contributed by atoms with van der Waals surface area (Å²) in [5.74, 6) is -0.0444. The van der Waals surface area contributed by atoms with Crippen LogP contribution in [0.15, 0.2) is 24.3 Å². The standard InChI is InChI=1S/C15H20N2O2/c1-11(18)16-9-10-17-15(19)14-8-4-6-12-5-2-3-7-13(12)14/h2-3,5,7,14H,4,6,8-10H2,1H3,(H,16,18)(H,17,19)/t14-/m1/s1. The molecule has 102 valence electrons. The summed E-state index contributed by atoms with van der Waals surface area (Å²) in [6.07, 6.45) is 3.02. The van der Waals surface area contributed by atoms with Gasteiger partial charge < -0.3 is 10.6 Å². The Hall–Kier alpha value is -1.84. The Morgan fingerprint density at radius 1 is 1.21 bits per heavy atom. The number of fused-ring (bicyclic) bond motifs is 1. The zero-order valence-electron chi connectivity index (χ0n) is 11.2. The Morgan fingerprint density at radius 3 is 2.74 bits per heavy atom. The van der Waals surface area contributed by atoms with Gasteiger partial charge in [0.05, 0.1) is 5.92 Å². The van der Waals surface area contributed by atoms with Crippen LogP contribution in [0.1, 0.15) is 36.8 Å². The van der Waals surface area contributed by atoms with Crippen molar-refractivity contribution in [3.8, 4) is 0 Å². The van der Waals surface area contributed by atoms with Crippen LogP contribution in [0.2, 0.25) is 0 Å². The minimum atomic E-state index is -0.0720. The molecule has 0 fully saturated rings. The highest BCUT2D eigenvalue weighted by atomic mass is 16.2. The number of nitrogens with one attached hydrogen (secondary N) is 2. The molecule has 1 atom stereocenters. The normalized spacial score (nSPS) is 17.4. The Balaban J connectivity index is 1.92. The molecule has 19 heavy (non-hydrogen) atoms. The molecule has 0 saturated carbocycles. The van der Waals surface area contributed by atoms with Gasteiger partial charge >= 0.3 is 0 Å². The fourth-order valence-electron chi connectivity index (χ4n) is 2.57. The van der Waals surface area contributed by atoms with Crippen LogP contribution < -0.4 is 10.6 Å². The third-order valence-corrected chi connectivity index (χ3v) is 3.48. The summed E-state index contributed by atoms with van der Waals surface area (Å²) in [6, 6.07) is 8.16. The molecule has 4 heteroatoms. The van der Waals surface area contributed by atoms with Crippen molar-refractivity contribution < 1.29 is 9.59 Å². The first-order chi connectivity index (χ1) is 9.18. The highest BCUT2D eigenvalue weighted by Gasteiger charge is 2.25. The van der Waals surface area contributed by atoms with Crippen LogP contribution in [0.25, 0.3) is 0 Å². The van der Waals surface area contributed by atoms with Crippen LogP contribution in [0.3, 0.4) is 0 Å². The summed E-state index contributed by atoms with van der Waals surface area (Å²) < 4.78 is 0. The Kier molecular flexibility index (Phi) is 4.55. The van der Waals surface area contributed by atoms with Gasteiger partial charge in [0, 0.05) is 20.0 Å². The van der Waals surface area contributed by atoms with Crippen molar-refractivity contribution in [2.45, 2.75) is 32.1 Å². The van der Waals surface area contributed by atoms with E-state index in [0.717, 1.165) is 24.8 Å². The van der Waals surface area contributed by atoms with E-state index in [0.29, 0.717) is 13.1 Å². The van der Waals surface area contributed by atoms with E-state index >= 15 is 0 Å². The van der Waals surface area contributed by atoms with Gasteiger partial charge in [0.1, 0.15) is 0 Å². The molecule has 4 nitrogen and oxygen atoms in total. The topological polar surface area (TPSA) is 58.2 Å². The maximum Gasteiger partial charge on any atom is 0.227 e. The predicted molar refractivity (Wildman–Crippen MR) is 73.8 cm³/mol. The maximum absolute atomic E-state index is 12.2. The molecular weight excluding hydrogens is 240 g/mol. The van der Waals surface area contributed by atoms with Gasteiger partial charge in [-0.3, -0.25) is 9.59 Å². The summed E-state index contributed by atoms with van der Waals surface area (Å²) in [6.45, 7) is 2.44. The van der Waals surface area contributed by atoms with Crippen molar-refractivity contribution in [2.75, 3.05) is 13.1 Å². The molecule has 2 amide bonds. The van der Waals surface area contributed by atoms with Crippen LogP contribution in [0.5, 0.6) is 0 Å². The lowest BCUT2D eigenvalue weighted by Crippen LogP contribution is -2.37. The number of carbonyl (C=O) groups is 2. The molecule has 1 aromatic carbocycles. The van der Waals surface area contributed by atoms with E-state index < -0.39 is 0 Å². The lowest BCUT2D eigenvalue weighted by Gasteiger charge is -2.24. The van der Waals surface area contributed by atoms with Crippen molar-refractivity contribution in [3.63, 3.8) is 0 Å². The molecular formula is C15H20N2O2. The quantitative estimate of drug-likeness (QED) is 0.803. The van der Waals surface area contributed by atoms with Crippen LogP contribution in [-0.2, 0) is 16.0 Å². The first-order valence-electron chi connectivity index (χ1n) is 6.78. The van der Waals surface area contributed by atoms with Gasteiger partial charge in [-0.15, -0.1) is 0 Å². The van der Waals surface area contributed by atoms with E-state index in [1.54, 1.807) is 0 Å². The molecule has 0 bridgehead atoms. The third-order valence-electron chi connectivity index (χ3n) is 3.48. The number of hydrogen-bond donors (Lipinski definition) is 2. The lowest BCUT2D eigenvalue weighted by atomic mass is 9.82. The van der Waals surface area contributed by atoms with Crippen molar-refractivity contribution in [2.24, 2.45) is 0 Å². The van der Waals surface area contributed by atoms with E-state index in [2.05, 4.69) is 16.7 Å². The highest BCUT2D eigenvalue weighted by Crippen LogP contribution is 2.31. The SMILES string of the molecule is CC(=O)NCCNC(=O)[C@@H]1CCCc2ccccc21. The summed E-state index contributed by atoms with van der Waals surface area (Å²) in [5.41, 5.74) is 2.45. The van der Waals surface area contributed by atoms with E-state index in [4.69, 9.17) is 0 Å². The van der Waals surface area contributed by atoms with Gasteiger partial charge in [0.25, 0.3) is 0 Å². The van der Waals surface area contributed by atoms with Gasteiger partial charge in [-0.05, 0) is 30.4 Å². The predicted octanol–water partition coefficient (Wildman–Crippen LogP) is 1.36. The van der Waals surface area contributed by atoms with Gasteiger partial charge in [-0.2, -0.15) is 0 Å². The zero-order chi connectivity index (χ0) is 13.7. The molecule has 0 aromatic heterocycles. The monoisotopic (exact) mass is 260 g/mol. The molecule has 0 radical (unpaired) electrons. The Morgan fingerprint density at radius 2 is 1.95 bits per heavy atom. The maximum atomic E-state index is 12.2. The minimum Gasteiger partial charge on any atom is -0.355 e. The number of aryl methyl sites for hydroxylation is 1. The first kappa shape index (κ1) is 13.6. The molecule has 1 aromatic rings. The largest absolute Gasteiger partial charge is 0.355 e. The minimum absolute atomic E-state index is 0.0396. The summed E-state index contributed by atoms with van der Waals surface area (Å²) in [7, 11) is 0. The number of hydrogen-bond acceptors (Lipinski definition) is 2. The number of amides is 2. The van der Waals surface area contributed by atoms with Crippen molar-refractivity contribution in [1.29, 1.82) is 0 Å². The second-order valence-electron chi connectivity index (χ2n) is 4.92. The molecule has 2 N–H and O–H groups in total. The number of carbonyl (C=O) groups excluding carboxylic acids is 2. The molecule has 1 aliphatic rings. The molecule has 0 unspecified atom stereocenters. The molecule has 2 rings (SSSR count). The molecule has 1 aliphatic carbocycles. The van der Waals surface area contributed by atoms with E-state index in [9.17, 15) is 9.59 Å². The van der Waals surface area contributed by atoms with Crippen molar-refractivity contribution in [1.82, 2.24) is 10.6 Å². The Labute approximate surface area is 113 Å². The van der Waals surface area contributed by atoms with E-state index in [-0.39, 0.29) is 17.7 Å². The average Bonchev–Trinajstić information content (AvgIpc) is 2.42. The smallest absolute Gasteiger partial charge is 0.227 e. The van der Waals surface area contributed by atoms with Crippen LogP contribution in [0.4, 0.5) is 0 Å². The summed E-state index contributed by atoms with van der Waals surface area (Å²) in [4.78, 5) is 22.9. The average molecular weight is 260 g/mol. The summed E-state index contributed by atoms with van der Waals surface area (Å²) in [5, 5.41) is 5.56. The van der Waals surface area contributed by atoms with Crippen LogP contribution in [0, 0.1) is 0 Å². The van der Waals surface area contributed by atoms with E-state index in [1.807, 2.05) is 18.2 Å². The lowest BCUT2D eigenvalue weighted by molar-refractivity contribution is -0.123. The third kappa shape index (κ3) is 3.56. The van der Waals surface area contributed by atoms with Crippen LogP contribution >= 0.6 is 0 Å². The second kappa shape index (κ2) is 6.36. The van der Waals surface area contributed by atoms with Crippen LogP contribution in [-0.4, -0.2) is 24.9 Å². The first-order valence-corrected chi connectivity index (χ1v) is 6.78. The zero-order valence-corrected chi connectivity index (χ0v) is 11.2. The van der Waals surface area contributed by atoms with Crippen molar-refractivity contribution in [3.05, 3.63) is 35.4 Å². The van der Waals surface area contributed by atoms with Gasteiger partial charge in [0.15, 0.2) is 0 Å². The van der Waals surface area contributed by atoms with Gasteiger partial charge in [-0.25, -0.2) is 0 Å².